The van der Waals surface area contributed by atoms with Crippen LogP contribution in [-0.2, 0) is 40.3 Å². The zero-order valence-corrected chi connectivity index (χ0v) is 42.6. The van der Waals surface area contributed by atoms with E-state index in [0.29, 0.717) is 103 Å². The second-order valence-corrected chi connectivity index (χ2v) is 21.4. The molecule has 4 heterocycles. The molecule has 0 saturated carbocycles. The summed E-state index contributed by atoms with van der Waals surface area (Å²) < 4.78 is 41.9. The first-order valence-corrected chi connectivity index (χ1v) is 25.3. The predicted octanol–water partition coefficient (Wildman–Crippen LogP) is 9.55. The van der Waals surface area contributed by atoms with Crippen molar-refractivity contribution in [2.75, 3.05) is 94.0 Å². The Labute approximate surface area is 421 Å². The van der Waals surface area contributed by atoms with Crippen LogP contribution in [0.4, 0.5) is 28.4 Å². The Bertz CT molecular complexity index is 2760. The van der Waals surface area contributed by atoms with E-state index in [0.717, 1.165) is 46.7 Å². The topological polar surface area (TPSA) is 133 Å². The van der Waals surface area contributed by atoms with Crippen molar-refractivity contribution in [3.63, 3.8) is 0 Å². The third-order valence-electron chi connectivity index (χ3n) is 13.1. The number of benzene rings is 5. The predicted molar refractivity (Wildman–Crippen MR) is 282 cm³/mol. The first kappa shape index (κ1) is 49.7. The second kappa shape index (κ2) is 22.0. The molecule has 374 valence electrons. The van der Waals surface area contributed by atoms with Crippen LogP contribution >= 0.6 is 11.8 Å². The van der Waals surface area contributed by atoms with Crippen LogP contribution in [0.2, 0.25) is 0 Å². The van der Waals surface area contributed by atoms with Gasteiger partial charge >= 0.3 is 0 Å². The van der Waals surface area contributed by atoms with E-state index in [1.165, 1.54) is 5.56 Å². The van der Waals surface area contributed by atoms with Crippen molar-refractivity contribution in [2.45, 2.75) is 75.8 Å². The van der Waals surface area contributed by atoms with Crippen molar-refractivity contribution < 1.29 is 42.7 Å². The molecular weight excluding hydrogens is 919 g/mol. The van der Waals surface area contributed by atoms with Gasteiger partial charge in [0.05, 0.1) is 81.8 Å². The van der Waals surface area contributed by atoms with Crippen molar-refractivity contribution in [3.05, 3.63) is 124 Å². The van der Waals surface area contributed by atoms with Crippen LogP contribution in [0.5, 0.6) is 23.0 Å². The molecule has 0 aliphatic carbocycles. The van der Waals surface area contributed by atoms with E-state index in [-0.39, 0.29) is 41.9 Å². The van der Waals surface area contributed by atoms with E-state index >= 15 is 0 Å². The van der Waals surface area contributed by atoms with Crippen LogP contribution in [0.3, 0.4) is 0 Å². The molecule has 1 N–H and O–H groups in total. The summed E-state index contributed by atoms with van der Waals surface area (Å²) in [5.74, 6) is 1.67. The molecule has 0 fully saturated rings. The van der Waals surface area contributed by atoms with Gasteiger partial charge in [0.1, 0.15) is 13.2 Å². The molecule has 0 spiro atoms. The Hall–Kier alpha value is -6.26. The number of nitrogens with one attached hydrogen (secondary N) is 1. The number of anilines is 4. The van der Waals surface area contributed by atoms with Gasteiger partial charge in [0.15, 0.2) is 23.0 Å². The molecule has 4 aliphatic rings. The number of ether oxygens (including phenoxy) is 7. The minimum absolute atomic E-state index is 0.00519. The van der Waals surface area contributed by atoms with Gasteiger partial charge in [-0.15, -0.1) is 0 Å². The Morgan fingerprint density at radius 1 is 0.718 bits per heavy atom. The van der Waals surface area contributed by atoms with Crippen LogP contribution in [0.15, 0.2) is 96.0 Å². The van der Waals surface area contributed by atoms with Gasteiger partial charge in [-0.2, -0.15) is 11.8 Å². The van der Waals surface area contributed by atoms with Gasteiger partial charge < -0.3 is 48.3 Å². The number of carbonyl (C=O) groups is 2. The molecule has 0 bridgehead atoms. The normalized spacial score (nSPS) is 16.6. The number of hydrogen-bond donors (Lipinski definition) is 1. The monoisotopic (exact) mass is 983 g/mol. The quantitative estimate of drug-likeness (QED) is 0.0663. The fourth-order valence-electron chi connectivity index (χ4n) is 10.1. The van der Waals surface area contributed by atoms with E-state index in [2.05, 4.69) is 68.2 Å². The molecule has 0 unspecified atom stereocenters. The van der Waals surface area contributed by atoms with Crippen LogP contribution in [0.1, 0.15) is 70.7 Å². The van der Waals surface area contributed by atoms with E-state index in [4.69, 9.17) is 38.2 Å². The van der Waals surface area contributed by atoms with E-state index in [9.17, 15) is 9.59 Å². The summed E-state index contributed by atoms with van der Waals surface area (Å²) >= 11 is 1.93. The lowest BCUT2D eigenvalue weighted by Gasteiger charge is -2.35. The summed E-state index contributed by atoms with van der Waals surface area (Å²) in [5, 5.41) is 3.98. The maximum Gasteiger partial charge on any atom is 0.261 e. The number of methoxy groups -OCH3 is 3. The second-order valence-electron chi connectivity index (χ2n) is 19.1. The highest BCUT2D eigenvalue weighted by Gasteiger charge is 2.39. The standard InChI is InChI=1S/C56H65N5O9S/c1-36(2)71-56(3,4)35-59(16-17-67-20-21-68-19-18-64-5)41-23-37(33-69-52-29-46-44(27-50(52)65-6)54(62)60-42(31-57-46)25-39-12-8-10-14-48(39)60)22-38(24-41)34-70-53-30-47-45(28-51(53)66-7)55(63)61-43(32-58-47)26-40-13-9-11-15-49(40)61/h8-15,22-24,27-31,36,42-43,58H,16-21,25-26,32-35H2,1-7H3/t42-,43-/m0/s1. The summed E-state index contributed by atoms with van der Waals surface area (Å²) in [7, 11) is 4.83. The lowest BCUT2D eigenvalue weighted by atomic mass is 10.1. The number of amides is 2. The van der Waals surface area contributed by atoms with Crippen LogP contribution in [0.25, 0.3) is 0 Å². The van der Waals surface area contributed by atoms with Crippen molar-refractivity contribution in [1.82, 2.24) is 0 Å². The Morgan fingerprint density at radius 2 is 1.32 bits per heavy atom. The van der Waals surface area contributed by atoms with E-state index < -0.39 is 0 Å². The Balaban J connectivity index is 1.01. The third kappa shape index (κ3) is 11.1. The molecule has 9 rings (SSSR count). The van der Waals surface area contributed by atoms with Gasteiger partial charge in [0.2, 0.25) is 0 Å². The molecule has 0 saturated heterocycles. The minimum atomic E-state index is -0.182. The van der Waals surface area contributed by atoms with Crippen LogP contribution in [0, 0.1) is 0 Å². The Kier molecular flexibility index (Phi) is 15.4. The summed E-state index contributed by atoms with van der Waals surface area (Å²) in [6, 6.07) is 29.5. The van der Waals surface area contributed by atoms with Crippen molar-refractivity contribution in [1.29, 1.82) is 0 Å². The summed E-state index contributed by atoms with van der Waals surface area (Å²) in [4.78, 5) is 39.3. The van der Waals surface area contributed by atoms with Gasteiger partial charge in [-0.05, 0) is 90.2 Å². The van der Waals surface area contributed by atoms with E-state index in [1.807, 2.05) is 70.2 Å². The molecule has 0 aromatic heterocycles. The molecule has 4 aliphatic heterocycles. The molecule has 14 nitrogen and oxygen atoms in total. The molecular formula is C56H65N5O9S. The molecule has 71 heavy (non-hydrogen) atoms. The van der Waals surface area contributed by atoms with Crippen molar-refractivity contribution in [2.24, 2.45) is 4.99 Å². The van der Waals surface area contributed by atoms with Crippen LogP contribution in [-0.4, -0.2) is 114 Å². The Morgan fingerprint density at radius 3 is 2.00 bits per heavy atom. The zero-order valence-electron chi connectivity index (χ0n) is 41.8. The number of hydrogen-bond acceptors (Lipinski definition) is 13. The number of rotatable bonds is 22. The number of fused-ring (bicyclic) bond motifs is 8. The summed E-state index contributed by atoms with van der Waals surface area (Å²) in [6.07, 6.45) is 3.34. The van der Waals surface area contributed by atoms with Crippen LogP contribution < -0.4 is 39.0 Å². The summed E-state index contributed by atoms with van der Waals surface area (Å²) in [6.45, 7) is 13.8. The first-order chi connectivity index (χ1) is 34.4. The fourth-order valence-corrected chi connectivity index (χ4v) is 11.6. The first-order valence-electron chi connectivity index (χ1n) is 24.4. The number of thioether (sulfide) groups is 1. The van der Waals surface area contributed by atoms with Gasteiger partial charge in [-0.3, -0.25) is 19.5 Å². The lowest BCUT2D eigenvalue weighted by molar-refractivity contribution is 0.0264. The number of carbonyl (C=O) groups excluding carboxylic acids is 2. The summed E-state index contributed by atoms with van der Waals surface area (Å²) in [5.41, 5.74) is 9.12. The highest BCUT2D eigenvalue weighted by Crippen LogP contribution is 2.43. The smallest absolute Gasteiger partial charge is 0.261 e. The van der Waals surface area contributed by atoms with E-state index in [1.54, 1.807) is 39.5 Å². The number of nitrogens with zero attached hydrogens (tertiary/aromatic N) is 4. The van der Waals surface area contributed by atoms with Crippen molar-refractivity contribution in [3.8, 4) is 23.0 Å². The van der Waals surface area contributed by atoms with Gasteiger partial charge in [0.25, 0.3) is 11.8 Å². The van der Waals surface area contributed by atoms with Crippen molar-refractivity contribution >= 4 is 58.2 Å². The highest BCUT2D eigenvalue weighted by atomic mass is 32.2. The maximum absolute atomic E-state index is 14.2. The molecule has 15 heteroatoms. The molecule has 5 aromatic rings. The molecule has 2 atom stereocenters. The third-order valence-corrected chi connectivity index (χ3v) is 14.3. The molecule has 0 radical (unpaired) electrons. The average molecular weight is 984 g/mol. The largest absolute Gasteiger partial charge is 0.493 e. The average Bonchev–Trinajstić information content (AvgIpc) is 3.85. The SMILES string of the molecule is COCCOCCOCCN(CC(C)(C)SC(C)C)c1cc(COc2cc3c(cc2OC)C(=O)N2c4ccccc4C[C@H]2C=N3)cc(COc2cc3c(cc2OC)C(=O)N2c4ccccc4C[C@H]2CN3)c1. The van der Waals surface area contributed by atoms with Gasteiger partial charge in [0, 0.05) is 73.3 Å². The zero-order chi connectivity index (χ0) is 49.6. The minimum Gasteiger partial charge on any atom is -0.493 e. The van der Waals surface area contributed by atoms with Gasteiger partial charge in [-0.1, -0.05) is 50.2 Å². The fraction of sp³-hybridized carbons (Fsp3) is 0.411. The number of aliphatic imine (C=N–C) groups is 1. The van der Waals surface area contributed by atoms with Gasteiger partial charge in [-0.25, -0.2) is 0 Å². The highest BCUT2D eigenvalue weighted by molar-refractivity contribution is 8.01. The lowest BCUT2D eigenvalue weighted by Crippen LogP contribution is -2.39. The number of para-hydroxylation sites is 2. The maximum atomic E-state index is 14.2. The molecule has 5 aromatic carbocycles. The molecule has 2 amide bonds.